The summed E-state index contributed by atoms with van der Waals surface area (Å²) < 4.78 is 5.84. The summed E-state index contributed by atoms with van der Waals surface area (Å²) in [4.78, 5) is 26.9. The highest BCUT2D eigenvalue weighted by atomic mass is 16.4. The van der Waals surface area contributed by atoms with Gasteiger partial charge in [0.2, 0.25) is 0 Å². The van der Waals surface area contributed by atoms with Gasteiger partial charge in [-0.15, -0.1) is 0 Å². The second-order valence-electron chi connectivity index (χ2n) is 7.52. The molecule has 0 aromatic carbocycles. The lowest BCUT2D eigenvalue weighted by Crippen LogP contribution is -2.34. The van der Waals surface area contributed by atoms with Gasteiger partial charge in [-0.1, -0.05) is 33.6 Å². The van der Waals surface area contributed by atoms with Gasteiger partial charge >= 0.3 is 0 Å². The average molecular weight is 335 g/mol. The molecule has 5 nitrogen and oxygen atoms in total. The maximum atomic E-state index is 12.8. The Morgan fingerprint density at radius 2 is 1.96 bits per heavy atom. The van der Waals surface area contributed by atoms with Crippen LogP contribution in [0, 0.1) is 12.3 Å². The molecule has 0 bridgehead atoms. The van der Waals surface area contributed by atoms with E-state index in [-0.39, 0.29) is 36.0 Å². The minimum absolute atomic E-state index is 0.0567. The van der Waals surface area contributed by atoms with Crippen LogP contribution >= 0.6 is 0 Å². The van der Waals surface area contributed by atoms with Gasteiger partial charge in [-0.25, -0.2) is 0 Å². The number of hydrogen-bond acceptors (Lipinski definition) is 4. The topological polar surface area (TPSA) is 70.8 Å². The number of aliphatic hydroxyl groups excluding tert-OH is 1. The van der Waals surface area contributed by atoms with Crippen molar-refractivity contribution in [1.82, 2.24) is 4.90 Å². The average Bonchev–Trinajstić information content (AvgIpc) is 2.81. The van der Waals surface area contributed by atoms with Crippen LogP contribution in [-0.2, 0) is 6.42 Å². The van der Waals surface area contributed by atoms with Crippen molar-refractivity contribution in [3.63, 3.8) is 0 Å². The van der Waals surface area contributed by atoms with E-state index in [2.05, 4.69) is 6.92 Å². The van der Waals surface area contributed by atoms with Gasteiger partial charge in [0.15, 0.2) is 11.5 Å². The van der Waals surface area contributed by atoms with Crippen molar-refractivity contribution in [2.24, 2.45) is 5.41 Å². The summed E-state index contributed by atoms with van der Waals surface area (Å²) in [7, 11) is 0. The lowest BCUT2D eigenvalue weighted by Gasteiger charge is -2.27. The SMILES string of the molecule is CCCCCN(CCO)C(=O)c1oc2c(c1C)C(=O)CC(C)(C)C2. The molecular weight excluding hydrogens is 306 g/mol. The van der Waals surface area contributed by atoms with E-state index in [0.29, 0.717) is 36.3 Å². The third-order valence-electron chi connectivity index (χ3n) is 4.66. The Bertz CT molecular complexity index is 615. The smallest absolute Gasteiger partial charge is 0.289 e. The van der Waals surface area contributed by atoms with Crippen molar-refractivity contribution >= 4 is 11.7 Å². The number of unbranched alkanes of at least 4 members (excludes halogenated alkanes) is 2. The number of ketones is 1. The molecule has 5 heteroatoms. The summed E-state index contributed by atoms with van der Waals surface area (Å²) in [6.45, 7) is 8.77. The Morgan fingerprint density at radius 1 is 1.25 bits per heavy atom. The first-order chi connectivity index (χ1) is 11.3. The highest BCUT2D eigenvalue weighted by Gasteiger charge is 2.37. The Kier molecular flexibility index (Phi) is 5.86. The quantitative estimate of drug-likeness (QED) is 0.776. The van der Waals surface area contributed by atoms with Crippen LogP contribution in [0.5, 0.6) is 0 Å². The number of furan rings is 1. The first kappa shape index (κ1) is 18.7. The zero-order valence-electron chi connectivity index (χ0n) is 15.3. The van der Waals surface area contributed by atoms with Crippen LogP contribution in [0.3, 0.4) is 0 Å². The van der Waals surface area contributed by atoms with Crippen LogP contribution in [0.1, 0.15) is 78.7 Å². The van der Waals surface area contributed by atoms with Crippen LogP contribution in [0.15, 0.2) is 4.42 Å². The third kappa shape index (κ3) is 3.89. The number of aliphatic hydroxyl groups is 1. The van der Waals surface area contributed by atoms with E-state index in [1.165, 1.54) is 0 Å². The largest absolute Gasteiger partial charge is 0.455 e. The number of amides is 1. The van der Waals surface area contributed by atoms with Crippen LogP contribution < -0.4 is 0 Å². The van der Waals surface area contributed by atoms with Crippen molar-refractivity contribution in [2.45, 2.75) is 59.8 Å². The second kappa shape index (κ2) is 7.51. The first-order valence-corrected chi connectivity index (χ1v) is 8.86. The summed E-state index contributed by atoms with van der Waals surface area (Å²) >= 11 is 0. The van der Waals surface area contributed by atoms with Gasteiger partial charge in [0.05, 0.1) is 12.2 Å². The third-order valence-corrected chi connectivity index (χ3v) is 4.66. The van der Waals surface area contributed by atoms with Crippen molar-refractivity contribution in [2.75, 3.05) is 19.7 Å². The molecule has 1 aromatic rings. The molecule has 0 radical (unpaired) electrons. The summed E-state index contributed by atoms with van der Waals surface area (Å²) in [6, 6.07) is 0. The zero-order valence-corrected chi connectivity index (χ0v) is 15.3. The highest BCUT2D eigenvalue weighted by molar-refractivity contribution is 6.03. The summed E-state index contributed by atoms with van der Waals surface area (Å²) in [5.74, 6) is 0.726. The summed E-state index contributed by atoms with van der Waals surface area (Å²) in [5, 5.41) is 9.25. The van der Waals surface area contributed by atoms with Crippen molar-refractivity contribution < 1.29 is 19.1 Å². The van der Waals surface area contributed by atoms with Gasteiger partial charge in [0.1, 0.15) is 5.76 Å². The Labute approximate surface area is 144 Å². The molecule has 1 aliphatic carbocycles. The highest BCUT2D eigenvalue weighted by Crippen LogP contribution is 2.38. The fourth-order valence-corrected chi connectivity index (χ4v) is 3.42. The van der Waals surface area contributed by atoms with Gasteiger partial charge in [-0.3, -0.25) is 9.59 Å². The molecule has 1 aromatic heterocycles. The Morgan fingerprint density at radius 3 is 2.58 bits per heavy atom. The molecule has 0 aliphatic heterocycles. The number of carbonyl (C=O) groups excluding carboxylic acids is 2. The lowest BCUT2D eigenvalue weighted by molar-refractivity contribution is 0.0681. The minimum atomic E-state index is -0.224. The molecule has 0 saturated carbocycles. The number of carbonyl (C=O) groups is 2. The van der Waals surface area contributed by atoms with Crippen LogP contribution in [0.4, 0.5) is 0 Å². The van der Waals surface area contributed by atoms with Gasteiger partial charge in [0.25, 0.3) is 5.91 Å². The van der Waals surface area contributed by atoms with Crippen LogP contribution in [-0.4, -0.2) is 41.4 Å². The second-order valence-corrected chi connectivity index (χ2v) is 7.52. The normalized spacial score (nSPS) is 16.1. The Hall–Kier alpha value is -1.62. The van der Waals surface area contributed by atoms with E-state index < -0.39 is 0 Å². The van der Waals surface area contributed by atoms with Crippen molar-refractivity contribution in [3.8, 4) is 0 Å². The standard InChI is InChI=1S/C19H29NO4/c1-5-6-7-8-20(9-10-21)18(23)17-13(2)16-14(22)11-19(3,4)12-15(16)24-17/h21H,5-12H2,1-4H3. The van der Waals surface area contributed by atoms with Gasteiger partial charge in [0, 0.05) is 31.5 Å². The minimum Gasteiger partial charge on any atom is -0.455 e. The maximum absolute atomic E-state index is 12.8. The van der Waals surface area contributed by atoms with E-state index >= 15 is 0 Å². The van der Waals surface area contributed by atoms with Gasteiger partial charge < -0.3 is 14.4 Å². The summed E-state index contributed by atoms with van der Waals surface area (Å²) in [6.07, 6.45) is 4.14. The van der Waals surface area contributed by atoms with Crippen molar-refractivity contribution in [1.29, 1.82) is 0 Å². The van der Waals surface area contributed by atoms with E-state index in [0.717, 1.165) is 19.3 Å². The number of Topliss-reactive ketones (excluding diaryl/α,β-unsaturated/α-hetero) is 1. The van der Waals surface area contributed by atoms with Crippen molar-refractivity contribution in [3.05, 3.63) is 22.6 Å². The molecular formula is C19H29NO4. The van der Waals surface area contributed by atoms with Crippen LogP contribution in [0.25, 0.3) is 0 Å². The zero-order chi connectivity index (χ0) is 17.9. The molecule has 0 spiro atoms. The van der Waals surface area contributed by atoms with E-state index in [1.807, 2.05) is 13.8 Å². The molecule has 24 heavy (non-hydrogen) atoms. The van der Waals surface area contributed by atoms with E-state index in [1.54, 1.807) is 11.8 Å². The Balaban J connectivity index is 2.28. The molecule has 1 N–H and O–H groups in total. The predicted molar refractivity (Wildman–Crippen MR) is 92.4 cm³/mol. The molecule has 0 unspecified atom stereocenters. The van der Waals surface area contributed by atoms with Gasteiger partial charge in [-0.05, 0) is 18.8 Å². The maximum Gasteiger partial charge on any atom is 0.289 e. The fourth-order valence-electron chi connectivity index (χ4n) is 3.42. The predicted octanol–water partition coefficient (Wildman–Crippen LogP) is 3.37. The van der Waals surface area contributed by atoms with Crippen LogP contribution in [0.2, 0.25) is 0 Å². The van der Waals surface area contributed by atoms with Gasteiger partial charge in [-0.2, -0.15) is 0 Å². The first-order valence-electron chi connectivity index (χ1n) is 8.86. The lowest BCUT2D eigenvalue weighted by atomic mass is 9.76. The number of hydrogen-bond donors (Lipinski definition) is 1. The fraction of sp³-hybridized carbons (Fsp3) is 0.684. The molecule has 134 valence electrons. The van der Waals surface area contributed by atoms with E-state index in [4.69, 9.17) is 4.42 Å². The molecule has 1 amide bonds. The molecule has 2 rings (SSSR count). The molecule has 0 saturated heterocycles. The van der Waals surface area contributed by atoms with E-state index in [9.17, 15) is 14.7 Å². The molecule has 0 fully saturated rings. The monoisotopic (exact) mass is 335 g/mol. The molecule has 1 heterocycles. The summed E-state index contributed by atoms with van der Waals surface area (Å²) in [5.41, 5.74) is 1.10. The number of nitrogens with zero attached hydrogens (tertiary/aromatic N) is 1. The molecule has 0 atom stereocenters. The number of rotatable bonds is 7. The molecule has 1 aliphatic rings. The number of fused-ring (bicyclic) bond motifs is 1.